The van der Waals surface area contributed by atoms with Gasteiger partial charge in [-0.3, -0.25) is 4.79 Å². The molecule has 0 aromatic carbocycles. The van der Waals surface area contributed by atoms with E-state index in [9.17, 15) is 9.59 Å². The molecule has 3 rings (SSSR count). The van der Waals surface area contributed by atoms with Gasteiger partial charge in [0.1, 0.15) is 16.4 Å². The molecule has 3 heterocycles. The number of carbonyl (C=O) groups excluding carboxylic acids is 1. The third-order valence-corrected chi connectivity index (χ3v) is 4.28. The molecule has 24 heavy (non-hydrogen) atoms. The van der Waals surface area contributed by atoms with Crippen molar-refractivity contribution in [2.24, 2.45) is 0 Å². The molecule has 1 fully saturated rings. The third kappa shape index (κ3) is 3.21. The maximum Gasteiger partial charge on any atom is 0.319 e. The van der Waals surface area contributed by atoms with E-state index >= 15 is 0 Å². The van der Waals surface area contributed by atoms with Gasteiger partial charge >= 0.3 is 6.03 Å². The number of rotatable bonds is 3. The van der Waals surface area contributed by atoms with E-state index in [1.54, 1.807) is 13.8 Å². The molecule has 1 saturated heterocycles. The quantitative estimate of drug-likeness (QED) is 0.769. The van der Waals surface area contributed by atoms with Crippen LogP contribution in [0.2, 0.25) is 5.02 Å². The van der Waals surface area contributed by atoms with Crippen molar-refractivity contribution in [2.75, 3.05) is 23.3 Å². The van der Waals surface area contributed by atoms with Crippen LogP contribution in [0.1, 0.15) is 17.9 Å². The SMILES string of the molecule is Cc1noc(C)c1NC(=O)NC1CCN(c2cn[nH]c(=O)c2Cl)C1. The molecule has 0 bridgehead atoms. The first-order chi connectivity index (χ1) is 11.5. The number of carbonyl (C=O) groups is 1. The van der Waals surface area contributed by atoms with Crippen molar-refractivity contribution >= 4 is 29.0 Å². The number of aromatic nitrogens is 3. The molecule has 1 unspecified atom stereocenters. The van der Waals surface area contributed by atoms with Crippen LogP contribution in [0.3, 0.4) is 0 Å². The Bertz CT molecular complexity index is 798. The lowest BCUT2D eigenvalue weighted by Gasteiger charge is -2.19. The molecule has 0 aliphatic carbocycles. The summed E-state index contributed by atoms with van der Waals surface area (Å²) in [6.07, 6.45) is 2.24. The molecule has 0 radical (unpaired) electrons. The summed E-state index contributed by atoms with van der Waals surface area (Å²) in [6.45, 7) is 4.70. The van der Waals surface area contributed by atoms with Crippen molar-refractivity contribution in [3.63, 3.8) is 0 Å². The van der Waals surface area contributed by atoms with Gasteiger partial charge in [0, 0.05) is 19.1 Å². The molecule has 1 aliphatic heterocycles. The highest BCUT2D eigenvalue weighted by Gasteiger charge is 2.26. The maximum atomic E-state index is 12.1. The van der Waals surface area contributed by atoms with Crippen molar-refractivity contribution in [2.45, 2.75) is 26.3 Å². The van der Waals surface area contributed by atoms with Gasteiger partial charge < -0.3 is 20.1 Å². The number of nitrogens with one attached hydrogen (secondary N) is 3. The lowest BCUT2D eigenvalue weighted by molar-refractivity contribution is 0.249. The third-order valence-electron chi connectivity index (χ3n) is 3.91. The summed E-state index contributed by atoms with van der Waals surface area (Å²) in [7, 11) is 0. The summed E-state index contributed by atoms with van der Waals surface area (Å²) in [5.74, 6) is 0.553. The average molecular weight is 353 g/mol. The number of aromatic amines is 1. The van der Waals surface area contributed by atoms with E-state index < -0.39 is 5.56 Å². The Balaban J connectivity index is 1.61. The average Bonchev–Trinajstić information content (AvgIpc) is 3.12. The number of aryl methyl sites for hydroxylation is 2. The highest BCUT2D eigenvalue weighted by atomic mass is 35.5. The fourth-order valence-electron chi connectivity index (χ4n) is 2.69. The van der Waals surface area contributed by atoms with Gasteiger partial charge in [0.25, 0.3) is 5.56 Å². The first-order valence-corrected chi connectivity index (χ1v) is 7.82. The zero-order valence-electron chi connectivity index (χ0n) is 13.2. The van der Waals surface area contributed by atoms with E-state index in [4.69, 9.17) is 16.1 Å². The number of hydrogen-bond donors (Lipinski definition) is 3. The maximum absolute atomic E-state index is 12.1. The molecule has 9 nitrogen and oxygen atoms in total. The zero-order valence-corrected chi connectivity index (χ0v) is 14.0. The second-order valence-corrected chi connectivity index (χ2v) is 6.01. The van der Waals surface area contributed by atoms with Crippen LogP contribution in [-0.4, -0.2) is 40.5 Å². The van der Waals surface area contributed by atoms with Gasteiger partial charge in [0.2, 0.25) is 0 Å². The second kappa shape index (κ2) is 6.52. The predicted octanol–water partition coefficient (Wildman–Crippen LogP) is 1.43. The Labute approximate surface area is 142 Å². The minimum atomic E-state index is -0.429. The first kappa shape index (κ1) is 16.3. The van der Waals surface area contributed by atoms with Crippen LogP contribution in [0.4, 0.5) is 16.2 Å². The van der Waals surface area contributed by atoms with E-state index in [0.29, 0.717) is 35.9 Å². The van der Waals surface area contributed by atoms with Crippen molar-refractivity contribution < 1.29 is 9.32 Å². The number of amides is 2. The Morgan fingerprint density at radius 2 is 2.29 bits per heavy atom. The molecule has 128 valence electrons. The van der Waals surface area contributed by atoms with Gasteiger partial charge in [-0.25, -0.2) is 9.89 Å². The van der Waals surface area contributed by atoms with Gasteiger partial charge in [0.15, 0.2) is 5.76 Å². The van der Waals surface area contributed by atoms with Crippen LogP contribution in [0.25, 0.3) is 0 Å². The molecule has 2 amide bonds. The molecule has 0 saturated carbocycles. The van der Waals surface area contributed by atoms with E-state index in [2.05, 4.69) is 26.0 Å². The van der Waals surface area contributed by atoms with E-state index in [-0.39, 0.29) is 17.1 Å². The van der Waals surface area contributed by atoms with Crippen molar-refractivity contribution in [3.05, 3.63) is 33.0 Å². The van der Waals surface area contributed by atoms with Crippen molar-refractivity contribution in [1.82, 2.24) is 20.7 Å². The zero-order chi connectivity index (χ0) is 17.3. The van der Waals surface area contributed by atoms with Gasteiger partial charge in [-0.1, -0.05) is 16.8 Å². The van der Waals surface area contributed by atoms with Crippen LogP contribution in [0.15, 0.2) is 15.5 Å². The number of H-pyrrole nitrogens is 1. The predicted molar refractivity (Wildman–Crippen MR) is 88.6 cm³/mol. The van der Waals surface area contributed by atoms with Gasteiger partial charge in [0.05, 0.1) is 11.9 Å². The molecular formula is C14H17ClN6O3. The monoisotopic (exact) mass is 352 g/mol. The summed E-state index contributed by atoms with van der Waals surface area (Å²) in [4.78, 5) is 25.6. The first-order valence-electron chi connectivity index (χ1n) is 7.44. The summed E-state index contributed by atoms with van der Waals surface area (Å²) < 4.78 is 5.01. The summed E-state index contributed by atoms with van der Waals surface area (Å²) in [5.41, 5.74) is 1.33. The molecule has 0 spiro atoms. The molecule has 3 N–H and O–H groups in total. The van der Waals surface area contributed by atoms with Crippen LogP contribution < -0.4 is 21.1 Å². The van der Waals surface area contributed by atoms with Gasteiger partial charge in [-0.15, -0.1) is 0 Å². The highest BCUT2D eigenvalue weighted by Crippen LogP contribution is 2.25. The number of urea groups is 1. The van der Waals surface area contributed by atoms with E-state index in [1.165, 1.54) is 6.20 Å². The second-order valence-electron chi connectivity index (χ2n) is 5.63. The largest absolute Gasteiger partial charge is 0.367 e. The van der Waals surface area contributed by atoms with Crippen LogP contribution >= 0.6 is 11.6 Å². The minimum absolute atomic E-state index is 0.0687. The fraction of sp³-hybridized carbons (Fsp3) is 0.429. The summed E-state index contributed by atoms with van der Waals surface area (Å²) in [5, 5.41) is 15.6. The Morgan fingerprint density at radius 1 is 1.50 bits per heavy atom. The molecule has 1 atom stereocenters. The van der Waals surface area contributed by atoms with Crippen LogP contribution in [0, 0.1) is 13.8 Å². The summed E-state index contributed by atoms with van der Waals surface area (Å²) >= 11 is 6.01. The lowest BCUT2D eigenvalue weighted by Crippen LogP contribution is -2.40. The smallest absolute Gasteiger partial charge is 0.319 e. The van der Waals surface area contributed by atoms with Gasteiger partial charge in [-0.05, 0) is 20.3 Å². The molecular weight excluding hydrogens is 336 g/mol. The van der Waals surface area contributed by atoms with E-state index in [0.717, 1.165) is 6.42 Å². The number of anilines is 2. The molecule has 2 aromatic rings. The molecule has 1 aliphatic rings. The number of nitrogens with zero attached hydrogens (tertiary/aromatic N) is 3. The Hall–Kier alpha value is -2.55. The summed E-state index contributed by atoms with van der Waals surface area (Å²) in [6, 6.07) is -0.396. The molecule has 2 aromatic heterocycles. The lowest BCUT2D eigenvalue weighted by atomic mass is 10.3. The minimum Gasteiger partial charge on any atom is -0.367 e. The van der Waals surface area contributed by atoms with Crippen LogP contribution in [-0.2, 0) is 0 Å². The number of hydrogen-bond acceptors (Lipinski definition) is 6. The standard InChI is InChI=1S/C14H17ClN6O3/c1-7-12(8(2)24-20-7)18-14(23)17-9-3-4-21(6-9)10-5-16-19-13(22)11(10)15/h5,9H,3-4,6H2,1-2H3,(H,19,22)(H2,17,18,23). The molecule has 10 heteroatoms. The van der Waals surface area contributed by atoms with Crippen LogP contribution in [0.5, 0.6) is 0 Å². The van der Waals surface area contributed by atoms with Crippen molar-refractivity contribution in [1.29, 1.82) is 0 Å². The Kier molecular flexibility index (Phi) is 4.43. The van der Waals surface area contributed by atoms with Crippen molar-refractivity contribution in [3.8, 4) is 0 Å². The van der Waals surface area contributed by atoms with E-state index in [1.807, 2.05) is 4.90 Å². The highest BCUT2D eigenvalue weighted by molar-refractivity contribution is 6.33. The topological polar surface area (TPSA) is 116 Å². The Morgan fingerprint density at radius 3 is 3.00 bits per heavy atom. The van der Waals surface area contributed by atoms with Gasteiger partial charge in [-0.2, -0.15) is 5.10 Å². The number of halogens is 1. The normalized spacial score (nSPS) is 17.1. The fourth-order valence-corrected chi connectivity index (χ4v) is 2.90.